The maximum absolute atomic E-state index is 12.8. The molecule has 1 aliphatic heterocycles. The molecule has 0 saturated carbocycles. The third-order valence-corrected chi connectivity index (χ3v) is 6.61. The van der Waals surface area contributed by atoms with Crippen molar-refractivity contribution in [2.24, 2.45) is 0 Å². The van der Waals surface area contributed by atoms with E-state index in [4.69, 9.17) is 4.74 Å². The summed E-state index contributed by atoms with van der Waals surface area (Å²) in [6.07, 6.45) is 0. The van der Waals surface area contributed by atoms with E-state index in [1.807, 2.05) is 37.3 Å². The molecule has 0 spiro atoms. The predicted octanol–water partition coefficient (Wildman–Crippen LogP) is 2.25. The van der Waals surface area contributed by atoms with Crippen LogP contribution in [0.5, 0.6) is 5.75 Å². The zero-order chi connectivity index (χ0) is 19.3. The van der Waals surface area contributed by atoms with Gasteiger partial charge in [0, 0.05) is 32.7 Å². The highest BCUT2D eigenvalue weighted by atomic mass is 32.2. The van der Waals surface area contributed by atoms with Crippen LogP contribution in [0, 0.1) is 18.3 Å². The summed E-state index contributed by atoms with van der Waals surface area (Å²) in [5, 5.41) is 9.17. The second-order valence-corrected chi connectivity index (χ2v) is 8.42. The van der Waals surface area contributed by atoms with Gasteiger partial charge in [0.2, 0.25) is 10.0 Å². The van der Waals surface area contributed by atoms with Gasteiger partial charge in [-0.3, -0.25) is 4.90 Å². The number of sulfonamides is 1. The quantitative estimate of drug-likeness (QED) is 0.763. The number of aryl methyl sites for hydroxylation is 1. The third-order valence-electron chi connectivity index (χ3n) is 4.65. The number of piperazine rings is 1. The highest BCUT2D eigenvalue weighted by Crippen LogP contribution is 2.21. The summed E-state index contributed by atoms with van der Waals surface area (Å²) in [4.78, 5) is 2.28. The summed E-state index contributed by atoms with van der Waals surface area (Å²) in [5.74, 6) is 0.843. The second kappa shape index (κ2) is 8.53. The molecule has 1 fully saturated rings. The molecule has 142 valence electrons. The number of nitrogens with zero attached hydrogens (tertiary/aromatic N) is 3. The van der Waals surface area contributed by atoms with Crippen LogP contribution >= 0.6 is 0 Å². The van der Waals surface area contributed by atoms with Gasteiger partial charge in [0.15, 0.2) is 0 Å². The van der Waals surface area contributed by atoms with Crippen molar-refractivity contribution in [3.05, 3.63) is 59.7 Å². The van der Waals surface area contributed by atoms with Crippen molar-refractivity contribution in [1.29, 1.82) is 5.26 Å². The second-order valence-electron chi connectivity index (χ2n) is 6.52. The molecule has 0 N–H and O–H groups in total. The van der Waals surface area contributed by atoms with Crippen molar-refractivity contribution >= 4 is 10.0 Å². The van der Waals surface area contributed by atoms with Gasteiger partial charge < -0.3 is 4.74 Å². The third kappa shape index (κ3) is 4.66. The van der Waals surface area contributed by atoms with Crippen molar-refractivity contribution in [2.75, 3.05) is 39.3 Å². The molecule has 27 heavy (non-hydrogen) atoms. The molecule has 2 aromatic carbocycles. The molecule has 3 rings (SSSR count). The van der Waals surface area contributed by atoms with Crippen LogP contribution in [-0.2, 0) is 10.0 Å². The fraction of sp³-hybridized carbons (Fsp3) is 0.350. The Morgan fingerprint density at radius 1 is 1.04 bits per heavy atom. The van der Waals surface area contributed by atoms with Crippen LogP contribution in [0.15, 0.2) is 53.4 Å². The summed E-state index contributed by atoms with van der Waals surface area (Å²) in [6.45, 7) is 5.45. The van der Waals surface area contributed by atoms with E-state index in [2.05, 4.69) is 4.90 Å². The fourth-order valence-corrected chi connectivity index (χ4v) is 4.61. The molecule has 1 saturated heterocycles. The minimum absolute atomic E-state index is 0.0867. The van der Waals surface area contributed by atoms with Crippen LogP contribution in [0.3, 0.4) is 0 Å². The maximum Gasteiger partial charge on any atom is 0.244 e. The molecular weight excluding hydrogens is 362 g/mol. The lowest BCUT2D eigenvalue weighted by atomic mass is 10.2. The largest absolute Gasteiger partial charge is 0.492 e. The van der Waals surface area contributed by atoms with E-state index >= 15 is 0 Å². The summed E-state index contributed by atoms with van der Waals surface area (Å²) in [5.41, 5.74) is 1.38. The summed E-state index contributed by atoms with van der Waals surface area (Å²) in [6, 6.07) is 16.2. The normalized spacial score (nSPS) is 16.0. The average Bonchev–Trinajstić information content (AvgIpc) is 2.70. The summed E-state index contributed by atoms with van der Waals surface area (Å²) >= 11 is 0. The van der Waals surface area contributed by atoms with E-state index in [0.717, 1.165) is 12.3 Å². The number of hydrogen-bond donors (Lipinski definition) is 0. The molecule has 6 nitrogen and oxygen atoms in total. The average molecular weight is 385 g/mol. The SMILES string of the molecule is Cc1ccc(OCCN2CCN(S(=O)(=O)c3ccccc3C#N)CC2)cc1. The number of ether oxygens (including phenoxy) is 1. The highest BCUT2D eigenvalue weighted by molar-refractivity contribution is 7.89. The topological polar surface area (TPSA) is 73.6 Å². The zero-order valence-corrected chi connectivity index (χ0v) is 16.2. The van der Waals surface area contributed by atoms with Crippen LogP contribution in [0.2, 0.25) is 0 Å². The number of nitriles is 1. The van der Waals surface area contributed by atoms with Crippen LogP contribution in [0.4, 0.5) is 0 Å². The number of rotatable bonds is 6. The summed E-state index contributed by atoms with van der Waals surface area (Å²) < 4.78 is 32.9. The molecule has 0 aromatic heterocycles. The molecule has 0 radical (unpaired) electrons. The van der Waals surface area contributed by atoms with E-state index in [1.54, 1.807) is 12.1 Å². The van der Waals surface area contributed by atoms with Gasteiger partial charge in [-0.25, -0.2) is 8.42 Å². The Morgan fingerprint density at radius 3 is 2.37 bits per heavy atom. The van der Waals surface area contributed by atoms with E-state index in [1.165, 1.54) is 22.0 Å². The first-order chi connectivity index (χ1) is 13.0. The lowest BCUT2D eigenvalue weighted by molar-refractivity contribution is 0.159. The predicted molar refractivity (Wildman–Crippen MR) is 103 cm³/mol. The molecule has 0 unspecified atom stereocenters. The fourth-order valence-electron chi connectivity index (χ4n) is 3.04. The van der Waals surface area contributed by atoms with Crippen LogP contribution in [-0.4, -0.2) is 57.0 Å². The van der Waals surface area contributed by atoms with E-state index in [0.29, 0.717) is 32.8 Å². The Balaban J connectivity index is 1.52. The van der Waals surface area contributed by atoms with Gasteiger partial charge in [-0.05, 0) is 31.2 Å². The Bertz CT molecular complexity index is 912. The zero-order valence-electron chi connectivity index (χ0n) is 15.3. The molecule has 2 aromatic rings. The van der Waals surface area contributed by atoms with Crippen molar-refractivity contribution in [2.45, 2.75) is 11.8 Å². The van der Waals surface area contributed by atoms with Gasteiger partial charge in [-0.1, -0.05) is 29.8 Å². The van der Waals surface area contributed by atoms with Gasteiger partial charge in [0.25, 0.3) is 0 Å². The van der Waals surface area contributed by atoms with Crippen LogP contribution < -0.4 is 4.74 Å². The first-order valence-corrected chi connectivity index (χ1v) is 10.4. The molecule has 0 amide bonds. The standard InChI is InChI=1S/C20H23N3O3S/c1-17-6-8-19(9-7-17)26-15-14-22-10-12-23(13-11-22)27(24,25)20-5-3-2-4-18(20)16-21/h2-9H,10-15H2,1H3. The van der Waals surface area contributed by atoms with E-state index < -0.39 is 10.0 Å². The van der Waals surface area contributed by atoms with Gasteiger partial charge in [-0.2, -0.15) is 9.57 Å². The van der Waals surface area contributed by atoms with Crippen molar-refractivity contribution in [1.82, 2.24) is 9.21 Å². The Morgan fingerprint density at radius 2 is 1.70 bits per heavy atom. The van der Waals surface area contributed by atoms with Crippen molar-refractivity contribution < 1.29 is 13.2 Å². The lowest BCUT2D eigenvalue weighted by Gasteiger charge is -2.33. The van der Waals surface area contributed by atoms with Crippen LogP contribution in [0.25, 0.3) is 0 Å². The van der Waals surface area contributed by atoms with Gasteiger partial charge in [0.1, 0.15) is 18.4 Å². The maximum atomic E-state index is 12.8. The molecule has 1 heterocycles. The minimum atomic E-state index is -3.64. The minimum Gasteiger partial charge on any atom is -0.492 e. The van der Waals surface area contributed by atoms with E-state index in [-0.39, 0.29) is 10.5 Å². The Labute approximate surface area is 160 Å². The Kier molecular flexibility index (Phi) is 6.11. The van der Waals surface area contributed by atoms with Gasteiger partial charge in [0.05, 0.1) is 10.5 Å². The first-order valence-electron chi connectivity index (χ1n) is 8.92. The number of hydrogen-bond acceptors (Lipinski definition) is 5. The highest BCUT2D eigenvalue weighted by Gasteiger charge is 2.30. The number of benzene rings is 2. The molecule has 0 bridgehead atoms. The first kappa shape index (κ1) is 19.4. The van der Waals surface area contributed by atoms with E-state index in [9.17, 15) is 13.7 Å². The van der Waals surface area contributed by atoms with Crippen LogP contribution in [0.1, 0.15) is 11.1 Å². The van der Waals surface area contributed by atoms with Crippen molar-refractivity contribution in [3.63, 3.8) is 0 Å². The van der Waals surface area contributed by atoms with Crippen molar-refractivity contribution in [3.8, 4) is 11.8 Å². The monoisotopic (exact) mass is 385 g/mol. The lowest BCUT2D eigenvalue weighted by Crippen LogP contribution is -2.49. The molecule has 0 aliphatic carbocycles. The van der Waals surface area contributed by atoms with Gasteiger partial charge in [-0.15, -0.1) is 0 Å². The smallest absolute Gasteiger partial charge is 0.244 e. The molecule has 7 heteroatoms. The van der Waals surface area contributed by atoms with Gasteiger partial charge >= 0.3 is 0 Å². The Hall–Kier alpha value is -2.40. The summed E-state index contributed by atoms with van der Waals surface area (Å²) in [7, 11) is -3.64. The molecule has 1 aliphatic rings. The molecular formula is C20H23N3O3S. The molecule has 0 atom stereocenters.